The van der Waals surface area contributed by atoms with Crippen LogP contribution in [0.2, 0.25) is 0 Å². The first-order chi connectivity index (χ1) is 8.08. The molecule has 7 heteroatoms. The Bertz CT molecular complexity index is 463. The third-order valence-electron chi connectivity index (χ3n) is 2.25. The molecular weight excluding hydrogens is 226 g/mol. The summed E-state index contributed by atoms with van der Waals surface area (Å²) in [5.74, 6) is 0.192. The number of carbonyl (C=O) groups is 2. The monoisotopic (exact) mass is 237 g/mol. The van der Waals surface area contributed by atoms with Crippen LogP contribution in [0.4, 0.5) is 10.6 Å². The van der Waals surface area contributed by atoms with Crippen LogP contribution in [-0.4, -0.2) is 29.2 Å². The molecule has 2 rings (SSSR count). The van der Waals surface area contributed by atoms with E-state index in [0.29, 0.717) is 11.6 Å². The van der Waals surface area contributed by atoms with Crippen LogP contribution in [0.25, 0.3) is 0 Å². The van der Waals surface area contributed by atoms with E-state index in [1.807, 2.05) is 0 Å². The fourth-order valence-electron chi connectivity index (χ4n) is 1.52. The van der Waals surface area contributed by atoms with E-state index in [1.54, 1.807) is 19.1 Å². The van der Waals surface area contributed by atoms with E-state index in [2.05, 4.69) is 10.3 Å². The number of primary amides is 1. The van der Waals surface area contributed by atoms with Gasteiger partial charge in [-0.15, -0.1) is 0 Å². The number of aromatic nitrogens is 1. The van der Waals surface area contributed by atoms with Gasteiger partial charge in [0.05, 0.1) is 0 Å². The fraction of sp³-hybridized carbons (Fsp3) is 0.300. The van der Waals surface area contributed by atoms with Gasteiger partial charge in [0.25, 0.3) is 5.91 Å². The second-order valence-electron chi connectivity index (χ2n) is 3.52. The quantitative estimate of drug-likeness (QED) is 0.729. The van der Waals surface area contributed by atoms with Crippen LogP contribution in [-0.2, 0) is 9.53 Å². The normalized spacial score (nSPS) is 22.8. The number of rotatable bonds is 1. The Morgan fingerprint density at radius 1 is 1.65 bits per heavy atom. The minimum atomic E-state index is -1.10. The summed E-state index contributed by atoms with van der Waals surface area (Å²) in [6.45, 7) is 1.61. The van der Waals surface area contributed by atoms with E-state index in [0.717, 1.165) is 0 Å². The molecule has 2 heterocycles. The number of nitrogens with one attached hydrogen (secondary N) is 1. The summed E-state index contributed by atoms with van der Waals surface area (Å²) in [4.78, 5) is 26.4. The summed E-state index contributed by atoms with van der Waals surface area (Å²) < 4.78 is 10.2. The van der Waals surface area contributed by atoms with Gasteiger partial charge in [-0.2, -0.15) is 0 Å². The number of pyridine rings is 1. The van der Waals surface area contributed by atoms with E-state index in [4.69, 9.17) is 15.2 Å². The smallest absolute Gasteiger partial charge is 0.405 e. The van der Waals surface area contributed by atoms with Crippen molar-refractivity contribution in [3.63, 3.8) is 0 Å². The van der Waals surface area contributed by atoms with Crippen molar-refractivity contribution < 1.29 is 19.1 Å². The molecule has 0 aromatic carbocycles. The molecule has 0 aliphatic carbocycles. The number of nitrogens with zero attached hydrogens (tertiary/aromatic N) is 1. The van der Waals surface area contributed by atoms with Gasteiger partial charge in [0.1, 0.15) is 6.10 Å². The minimum absolute atomic E-state index is 0.292. The van der Waals surface area contributed by atoms with Crippen LogP contribution in [0.15, 0.2) is 18.3 Å². The summed E-state index contributed by atoms with van der Waals surface area (Å²) in [5, 5.41) is 2.50. The maximum atomic E-state index is 11.8. The van der Waals surface area contributed by atoms with Gasteiger partial charge in [0.2, 0.25) is 6.10 Å². The standard InChI is InChI=1S/C10H11N3O4/c1-5-7(17-10(11)15)9(14)13-8-6(16-5)3-2-4-12-8/h2-5,7H,1H3,(H2,11,15)(H,12,13,14)/t5-,7-/m0/s1. The summed E-state index contributed by atoms with van der Waals surface area (Å²) in [6.07, 6.45) is -1.25. The van der Waals surface area contributed by atoms with Crippen LogP contribution in [0.1, 0.15) is 6.92 Å². The molecule has 17 heavy (non-hydrogen) atoms. The number of ether oxygens (including phenoxy) is 2. The molecule has 90 valence electrons. The highest BCUT2D eigenvalue weighted by atomic mass is 16.6. The third-order valence-corrected chi connectivity index (χ3v) is 2.25. The highest BCUT2D eigenvalue weighted by molar-refractivity contribution is 5.96. The molecule has 0 bridgehead atoms. The Balaban J connectivity index is 2.28. The molecule has 0 spiro atoms. The first-order valence-electron chi connectivity index (χ1n) is 4.96. The summed E-state index contributed by atoms with van der Waals surface area (Å²) in [7, 11) is 0. The number of carbonyl (C=O) groups excluding carboxylic acids is 2. The largest absolute Gasteiger partial charge is 0.482 e. The van der Waals surface area contributed by atoms with Crippen molar-refractivity contribution in [3.8, 4) is 5.75 Å². The topological polar surface area (TPSA) is 104 Å². The van der Waals surface area contributed by atoms with Crippen molar-refractivity contribution >= 4 is 17.8 Å². The molecular formula is C10H11N3O4. The number of hydrogen-bond donors (Lipinski definition) is 2. The Morgan fingerprint density at radius 2 is 2.41 bits per heavy atom. The van der Waals surface area contributed by atoms with Crippen LogP contribution in [0.3, 0.4) is 0 Å². The number of amides is 2. The number of anilines is 1. The van der Waals surface area contributed by atoms with Crippen LogP contribution in [0.5, 0.6) is 5.75 Å². The summed E-state index contributed by atoms with van der Waals surface area (Å²) >= 11 is 0. The highest BCUT2D eigenvalue weighted by Gasteiger charge is 2.34. The molecule has 0 saturated carbocycles. The maximum Gasteiger partial charge on any atom is 0.405 e. The Labute approximate surface area is 96.9 Å². The Kier molecular flexibility index (Phi) is 2.82. The van der Waals surface area contributed by atoms with Crippen molar-refractivity contribution in [2.75, 3.05) is 5.32 Å². The van der Waals surface area contributed by atoms with E-state index < -0.39 is 24.2 Å². The first kappa shape index (κ1) is 11.2. The molecule has 1 aliphatic heterocycles. The van der Waals surface area contributed by atoms with Crippen LogP contribution in [0, 0.1) is 0 Å². The Hall–Kier alpha value is -2.31. The second kappa shape index (κ2) is 4.28. The van der Waals surface area contributed by atoms with Gasteiger partial charge in [0, 0.05) is 6.20 Å². The molecule has 2 amide bonds. The van der Waals surface area contributed by atoms with Gasteiger partial charge in [-0.05, 0) is 19.1 Å². The van der Waals surface area contributed by atoms with Crippen molar-refractivity contribution in [2.24, 2.45) is 5.73 Å². The zero-order valence-electron chi connectivity index (χ0n) is 9.04. The molecule has 0 radical (unpaired) electrons. The molecule has 1 aromatic heterocycles. The average Bonchev–Trinajstić information content (AvgIpc) is 2.38. The molecule has 0 unspecified atom stereocenters. The predicted octanol–water partition coefficient (Wildman–Crippen LogP) is 0.265. The zero-order valence-corrected chi connectivity index (χ0v) is 9.04. The van der Waals surface area contributed by atoms with Gasteiger partial charge in [0.15, 0.2) is 11.6 Å². The lowest BCUT2D eigenvalue weighted by Crippen LogP contribution is -2.42. The lowest BCUT2D eigenvalue weighted by molar-refractivity contribution is -0.127. The lowest BCUT2D eigenvalue weighted by atomic mass is 10.2. The van der Waals surface area contributed by atoms with Crippen LogP contribution >= 0.6 is 0 Å². The fourth-order valence-corrected chi connectivity index (χ4v) is 1.52. The van der Waals surface area contributed by atoms with Gasteiger partial charge in [-0.25, -0.2) is 9.78 Å². The van der Waals surface area contributed by atoms with Crippen molar-refractivity contribution in [2.45, 2.75) is 19.1 Å². The maximum absolute atomic E-state index is 11.8. The molecule has 7 nitrogen and oxygen atoms in total. The highest BCUT2D eigenvalue weighted by Crippen LogP contribution is 2.26. The number of nitrogens with two attached hydrogens (primary N) is 1. The van der Waals surface area contributed by atoms with E-state index >= 15 is 0 Å². The Morgan fingerprint density at radius 3 is 3.12 bits per heavy atom. The van der Waals surface area contributed by atoms with Gasteiger partial charge >= 0.3 is 6.09 Å². The van der Waals surface area contributed by atoms with Crippen molar-refractivity contribution in [3.05, 3.63) is 18.3 Å². The summed E-state index contributed by atoms with van der Waals surface area (Å²) in [6, 6.07) is 3.33. The van der Waals surface area contributed by atoms with E-state index in [9.17, 15) is 9.59 Å². The number of hydrogen-bond acceptors (Lipinski definition) is 5. The van der Waals surface area contributed by atoms with Crippen LogP contribution < -0.4 is 15.8 Å². The predicted molar refractivity (Wildman–Crippen MR) is 57.4 cm³/mol. The molecule has 0 saturated heterocycles. The van der Waals surface area contributed by atoms with E-state index in [-0.39, 0.29) is 0 Å². The molecule has 1 aliphatic rings. The molecule has 2 atom stereocenters. The van der Waals surface area contributed by atoms with Crippen molar-refractivity contribution in [1.82, 2.24) is 4.98 Å². The molecule has 0 fully saturated rings. The van der Waals surface area contributed by atoms with Crippen molar-refractivity contribution in [1.29, 1.82) is 0 Å². The van der Waals surface area contributed by atoms with Gasteiger partial charge < -0.3 is 20.5 Å². The molecule has 1 aromatic rings. The number of fused-ring (bicyclic) bond motifs is 1. The third kappa shape index (κ3) is 2.27. The first-order valence-corrected chi connectivity index (χ1v) is 4.96. The average molecular weight is 237 g/mol. The minimum Gasteiger partial charge on any atom is -0.482 e. The second-order valence-corrected chi connectivity index (χ2v) is 3.52. The van der Waals surface area contributed by atoms with E-state index in [1.165, 1.54) is 6.20 Å². The SMILES string of the molecule is C[C@@H]1Oc2cccnc2NC(=O)[C@H]1OC(N)=O. The lowest BCUT2D eigenvalue weighted by Gasteiger charge is -2.19. The van der Waals surface area contributed by atoms with Gasteiger partial charge in [-0.3, -0.25) is 4.79 Å². The zero-order chi connectivity index (χ0) is 12.4. The summed E-state index contributed by atoms with van der Waals surface area (Å²) in [5.41, 5.74) is 4.89. The molecule has 3 N–H and O–H groups in total. The van der Waals surface area contributed by atoms with Gasteiger partial charge in [-0.1, -0.05) is 0 Å².